The van der Waals surface area contributed by atoms with Gasteiger partial charge in [-0.15, -0.1) is 5.10 Å². The van der Waals surface area contributed by atoms with Gasteiger partial charge in [-0.2, -0.15) is 10.1 Å². The zero-order valence-corrected chi connectivity index (χ0v) is 18.5. The number of aromatic nitrogens is 6. The molecule has 0 aromatic carbocycles. The Kier molecular flexibility index (Phi) is 4.91. The number of rotatable bonds is 5. The van der Waals surface area contributed by atoms with Crippen molar-refractivity contribution in [3.63, 3.8) is 0 Å². The molecule has 4 aromatic heterocycles. The first-order valence-electron chi connectivity index (χ1n) is 10.9. The Balaban J connectivity index is 1.40. The molecule has 32 heavy (non-hydrogen) atoms. The van der Waals surface area contributed by atoms with Crippen LogP contribution in [0, 0.1) is 0 Å². The van der Waals surface area contributed by atoms with Gasteiger partial charge in [-0.3, -0.25) is 4.79 Å². The fourth-order valence-electron chi connectivity index (χ4n) is 4.56. The summed E-state index contributed by atoms with van der Waals surface area (Å²) in [6.45, 7) is 3.69. The van der Waals surface area contributed by atoms with E-state index in [4.69, 9.17) is 15.1 Å². The van der Waals surface area contributed by atoms with Crippen LogP contribution < -0.4 is 16.0 Å². The highest BCUT2D eigenvalue weighted by molar-refractivity contribution is 5.87. The Labute approximate surface area is 185 Å². The summed E-state index contributed by atoms with van der Waals surface area (Å²) in [6, 6.07) is 6.08. The molecule has 1 amide bonds. The van der Waals surface area contributed by atoms with E-state index in [2.05, 4.69) is 28.0 Å². The van der Waals surface area contributed by atoms with Crippen LogP contribution in [0.2, 0.25) is 0 Å². The van der Waals surface area contributed by atoms with E-state index in [0.29, 0.717) is 5.95 Å². The van der Waals surface area contributed by atoms with Crippen molar-refractivity contribution in [2.75, 3.05) is 17.7 Å². The zero-order valence-electron chi connectivity index (χ0n) is 18.5. The number of nitrogens with zero attached hydrogens (tertiary/aromatic N) is 6. The van der Waals surface area contributed by atoms with Gasteiger partial charge in [-0.05, 0) is 44.7 Å². The summed E-state index contributed by atoms with van der Waals surface area (Å²) in [4.78, 5) is 20.9. The summed E-state index contributed by atoms with van der Waals surface area (Å²) >= 11 is 0. The molecule has 1 fully saturated rings. The summed E-state index contributed by atoms with van der Waals surface area (Å²) in [7, 11) is 1.86. The number of carbonyl (C=O) groups is 1. The maximum Gasteiger partial charge on any atom is 0.243 e. The quantitative estimate of drug-likeness (QED) is 0.443. The molecule has 0 spiro atoms. The molecule has 1 aliphatic rings. The molecule has 10 heteroatoms. The summed E-state index contributed by atoms with van der Waals surface area (Å²) in [6.07, 6.45) is 9.28. The van der Waals surface area contributed by atoms with Crippen molar-refractivity contribution in [1.29, 1.82) is 0 Å². The Morgan fingerprint density at radius 1 is 1.12 bits per heavy atom. The lowest BCUT2D eigenvalue weighted by Crippen LogP contribution is -2.49. The monoisotopic (exact) mass is 433 g/mol. The van der Waals surface area contributed by atoms with E-state index in [9.17, 15) is 4.79 Å². The van der Waals surface area contributed by atoms with Crippen molar-refractivity contribution in [1.82, 2.24) is 34.5 Å². The van der Waals surface area contributed by atoms with Crippen molar-refractivity contribution in [2.24, 2.45) is 0 Å². The largest absolute Gasteiger partial charge is 0.371 e. The van der Waals surface area contributed by atoms with Crippen LogP contribution >= 0.6 is 0 Å². The number of nitrogens with one attached hydrogen (secondary N) is 3. The van der Waals surface area contributed by atoms with Crippen LogP contribution in [-0.4, -0.2) is 53.7 Å². The predicted molar refractivity (Wildman–Crippen MR) is 123 cm³/mol. The van der Waals surface area contributed by atoms with Gasteiger partial charge in [0.1, 0.15) is 5.52 Å². The molecular formula is C22H27N9O. The molecular weight excluding hydrogens is 406 g/mol. The van der Waals surface area contributed by atoms with Gasteiger partial charge in [0, 0.05) is 49.6 Å². The van der Waals surface area contributed by atoms with Crippen LogP contribution in [-0.2, 0) is 4.79 Å². The zero-order chi connectivity index (χ0) is 22.3. The fourth-order valence-corrected chi connectivity index (χ4v) is 4.56. The van der Waals surface area contributed by atoms with Gasteiger partial charge in [0.25, 0.3) is 0 Å². The molecule has 166 valence electrons. The minimum atomic E-state index is -0.135. The normalized spacial score (nSPS) is 21.0. The van der Waals surface area contributed by atoms with Crippen LogP contribution in [0.4, 0.5) is 11.8 Å². The minimum Gasteiger partial charge on any atom is -0.371 e. The predicted octanol–water partition coefficient (Wildman–Crippen LogP) is 2.73. The third-order valence-electron chi connectivity index (χ3n) is 6.18. The van der Waals surface area contributed by atoms with Crippen molar-refractivity contribution in [3.8, 4) is 11.3 Å². The van der Waals surface area contributed by atoms with Crippen LogP contribution in [0.15, 0.2) is 36.8 Å². The first-order valence-corrected chi connectivity index (χ1v) is 10.9. The Bertz CT molecular complexity index is 1280. The van der Waals surface area contributed by atoms with Crippen molar-refractivity contribution >= 4 is 28.8 Å². The molecule has 0 radical (unpaired) electrons. The van der Waals surface area contributed by atoms with Crippen LogP contribution in [0.1, 0.15) is 39.5 Å². The van der Waals surface area contributed by atoms with Gasteiger partial charge in [0.15, 0.2) is 11.5 Å². The fraction of sp³-hybridized carbons (Fsp3) is 0.409. The third-order valence-corrected chi connectivity index (χ3v) is 6.18. The molecule has 0 bridgehead atoms. The summed E-state index contributed by atoms with van der Waals surface area (Å²) < 4.78 is 3.57. The molecule has 5 rings (SSSR count). The number of amides is 1. The molecule has 1 aliphatic carbocycles. The lowest BCUT2D eigenvalue weighted by molar-refractivity contribution is -0.121. The van der Waals surface area contributed by atoms with Gasteiger partial charge < -0.3 is 16.0 Å². The number of anilines is 2. The van der Waals surface area contributed by atoms with E-state index in [1.807, 2.05) is 42.2 Å². The average Bonchev–Trinajstić information content (AvgIpc) is 3.40. The molecule has 1 saturated carbocycles. The maximum absolute atomic E-state index is 11.5. The Hall–Kier alpha value is -3.69. The molecule has 0 saturated heterocycles. The van der Waals surface area contributed by atoms with Crippen LogP contribution in [0.5, 0.6) is 0 Å². The SMILES string of the molecule is CNc1nc(NC2CCC(C)(NC(C)=O)CC2)nn2ccc(-c3ccn4nccc4n3)c12. The van der Waals surface area contributed by atoms with Gasteiger partial charge in [0.2, 0.25) is 11.9 Å². The van der Waals surface area contributed by atoms with Crippen LogP contribution in [0.3, 0.4) is 0 Å². The van der Waals surface area contributed by atoms with Crippen molar-refractivity contribution < 1.29 is 4.79 Å². The van der Waals surface area contributed by atoms with Crippen LogP contribution in [0.25, 0.3) is 22.4 Å². The first kappa shape index (κ1) is 20.2. The van der Waals surface area contributed by atoms with Crippen molar-refractivity contribution in [3.05, 3.63) is 36.8 Å². The van der Waals surface area contributed by atoms with Gasteiger partial charge >= 0.3 is 0 Å². The van der Waals surface area contributed by atoms with E-state index in [-0.39, 0.29) is 17.5 Å². The van der Waals surface area contributed by atoms with Gasteiger partial charge in [-0.25, -0.2) is 14.0 Å². The topological polar surface area (TPSA) is 114 Å². The minimum absolute atomic E-state index is 0.0247. The highest BCUT2D eigenvalue weighted by atomic mass is 16.1. The van der Waals surface area contributed by atoms with E-state index in [1.165, 1.54) is 0 Å². The van der Waals surface area contributed by atoms with E-state index in [1.54, 1.807) is 17.6 Å². The average molecular weight is 434 g/mol. The summed E-state index contributed by atoms with van der Waals surface area (Å²) in [5.41, 5.74) is 3.32. The molecule has 0 aliphatic heterocycles. The molecule has 0 atom stereocenters. The number of hydrogen-bond donors (Lipinski definition) is 3. The third kappa shape index (κ3) is 3.72. The highest BCUT2D eigenvalue weighted by Crippen LogP contribution is 2.31. The molecule has 10 nitrogen and oxygen atoms in total. The van der Waals surface area contributed by atoms with Gasteiger partial charge in [-0.1, -0.05) is 0 Å². The lowest BCUT2D eigenvalue weighted by atomic mass is 9.81. The smallest absolute Gasteiger partial charge is 0.243 e. The number of carbonyl (C=O) groups excluding carboxylic acids is 1. The van der Waals surface area contributed by atoms with Crippen molar-refractivity contribution in [2.45, 2.75) is 51.1 Å². The molecule has 4 aromatic rings. The standard InChI is InChI=1S/C22H27N9O/c1-14(32)28-22(2)9-4-15(5-10-22)25-21-27-20(23-3)19-16(7-12-31(19)29-21)17-8-13-30-18(26-17)6-11-24-30/h6-8,11-13,15H,4-5,9-10H2,1-3H3,(H,28,32)(H2,23,25,27,29). The lowest BCUT2D eigenvalue weighted by Gasteiger charge is -2.38. The Morgan fingerprint density at radius 3 is 2.66 bits per heavy atom. The molecule has 4 heterocycles. The maximum atomic E-state index is 11.5. The summed E-state index contributed by atoms with van der Waals surface area (Å²) in [5.74, 6) is 1.34. The van der Waals surface area contributed by atoms with Gasteiger partial charge in [0.05, 0.1) is 11.9 Å². The molecule has 3 N–H and O–H groups in total. The number of fused-ring (bicyclic) bond motifs is 2. The second-order valence-electron chi connectivity index (χ2n) is 8.66. The Morgan fingerprint density at radius 2 is 1.91 bits per heavy atom. The summed E-state index contributed by atoms with van der Waals surface area (Å²) in [5, 5.41) is 18.7. The molecule has 0 unspecified atom stereocenters. The van der Waals surface area contributed by atoms with E-state index < -0.39 is 0 Å². The highest BCUT2D eigenvalue weighted by Gasteiger charge is 2.32. The van der Waals surface area contributed by atoms with E-state index in [0.717, 1.165) is 53.9 Å². The second-order valence-corrected chi connectivity index (χ2v) is 8.66. The second kappa shape index (κ2) is 7.77. The first-order chi connectivity index (χ1) is 15.4. The van der Waals surface area contributed by atoms with E-state index >= 15 is 0 Å². The number of hydrogen-bond acceptors (Lipinski definition) is 7.